The maximum Gasteiger partial charge on any atom is 0.282 e. The second-order valence-corrected chi connectivity index (χ2v) is 4.90. The zero-order valence-corrected chi connectivity index (χ0v) is 10.2. The Morgan fingerprint density at radius 1 is 1.47 bits per heavy atom. The molecular weight excluding hydrogens is 260 g/mol. The van der Waals surface area contributed by atoms with Gasteiger partial charge in [-0.1, -0.05) is 16.6 Å². The number of nitrogen functional groups attached to an aromatic ring is 1. The quantitative estimate of drug-likeness (QED) is 0.519. The minimum Gasteiger partial charge on any atom is -0.388 e. The fourth-order valence-corrected chi connectivity index (χ4v) is 2.70. The number of thioether (sulfide) groups is 1. The monoisotopic (exact) mass is 268 g/mol. The number of nitro groups is 1. The summed E-state index contributed by atoms with van der Waals surface area (Å²) in [5.74, 6) is 0.479. The van der Waals surface area contributed by atoms with Gasteiger partial charge in [-0.05, 0) is 6.07 Å². The Balaban J connectivity index is 2.14. The van der Waals surface area contributed by atoms with Gasteiger partial charge in [0, 0.05) is 23.4 Å². The summed E-state index contributed by atoms with van der Waals surface area (Å²) >= 11 is 2.45. The molecule has 0 aliphatic carbocycles. The van der Waals surface area contributed by atoms with Gasteiger partial charge in [-0.2, -0.15) is 0 Å². The summed E-state index contributed by atoms with van der Waals surface area (Å²) < 4.78 is 3.71. The third-order valence-electron chi connectivity index (χ3n) is 2.01. The third kappa shape index (κ3) is 2.71. The first-order chi connectivity index (χ1) is 8.18. The number of nitrogens with zero attached hydrogens (tertiary/aromatic N) is 3. The first-order valence-corrected chi connectivity index (χ1v) is 6.37. The van der Waals surface area contributed by atoms with Crippen LogP contribution in [0.5, 0.6) is 0 Å². The highest BCUT2D eigenvalue weighted by Gasteiger charge is 2.14. The smallest absolute Gasteiger partial charge is 0.282 e. The topological polar surface area (TPSA) is 94.9 Å². The predicted octanol–water partition coefficient (Wildman–Crippen LogP) is 2.32. The number of para-hydroxylation sites is 1. The van der Waals surface area contributed by atoms with Gasteiger partial charge in [0.2, 0.25) is 0 Å². The second kappa shape index (κ2) is 5.11. The molecule has 2 aromatic rings. The van der Waals surface area contributed by atoms with Gasteiger partial charge < -0.3 is 5.73 Å². The van der Waals surface area contributed by atoms with E-state index in [1.807, 2.05) is 0 Å². The molecule has 1 aromatic heterocycles. The largest absolute Gasteiger partial charge is 0.388 e. The van der Waals surface area contributed by atoms with Crippen molar-refractivity contribution in [3.8, 4) is 0 Å². The van der Waals surface area contributed by atoms with Crippen molar-refractivity contribution in [2.45, 2.75) is 10.6 Å². The molecule has 6 nitrogen and oxygen atoms in total. The lowest BCUT2D eigenvalue weighted by molar-refractivity contribution is -0.387. The average molecular weight is 268 g/mol. The van der Waals surface area contributed by atoms with Crippen LogP contribution in [0.25, 0.3) is 0 Å². The number of hydrogen-bond acceptors (Lipinski definition) is 7. The molecule has 8 heteroatoms. The highest BCUT2D eigenvalue weighted by molar-refractivity contribution is 7.98. The van der Waals surface area contributed by atoms with E-state index in [9.17, 15) is 10.1 Å². The number of rotatable bonds is 4. The molecule has 1 aromatic carbocycles. The molecule has 0 aliphatic heterocycles. The van der Waals surface area contributed by atoms with Gasteiger partial charge in [-0.15, -0.1) is 16.9 Å². The SMILES string of the molecule is Nc1snnc1CSc1ccccc1[N+](=O)[O-]. The van der Waals surface area contributed by atoms with E-state index in [4.69, 9.17) is 5.73 Å². The van der Waals surface area contributed by atoms with Crippen LogP contribution in [-0.2, 0) is 5.75 Å². The molecule has 17 heavy (non-hydrogen) atoms. The molecule has 0 saturated heterocycles. The molecule has 0 atom stereocenters. The fourth-order valence-electron chi connectivity index (χ4n) is 1.19. The summed E-state index contributed by atoms with van der Waals surface area (Å²) in [4.78, 5) is 11.0. The zero-order valence-electron chi connectivity index (χ0n) is 8.57. The summed E-state index contributed by atoms with van der Waals surface area (Å²) in [6, 6.07) is 6.59. The standard InChI is InChI=1S/C9H8N4O2S2/c10-9-6(11-12-17-9)5-16-8-4-2-1-3-7(8)13(14)15/h1-4H,5,10H2. The van der Waals surface area contributed by atoms with Crippen LogP contribution in [-0.4, -0.2) is 14.5 Å². The Morgan fingerprint density at radius 3 is 2.88 bits per heavy atom. The number of nitrogens with two attached hydrogens (primary N) is 1. The number of benzene rings is 1. The molecule has 2 N–H and O–H groups in total. The normalized spacial score (nSPS) is 10.4. The first-order valence-electron chi connectivity index (χ1n) is 4.61. The summed E-state index contributed by atoms with van der Waals surface area (Å²) in [7, 11) is 0. The van der Waals surface area contributed by atoms with Crippen LogP contribution in [0, 0.1) is 10.1 Å². The maximum absolute atomic E-state index is 10.8. The number of hydrogen-bond donors (Lipinski definition) is 1. The molecule has 88 valence electrons. The van der Waals surface area contributed by atoms with E-state index in [-0.39, 0.29) is 5.69 Å². The van der Waals surface area contributed by atoms with E-state index in [0.29, 0.717) is 21.3 Å². The Labute approximate surface area is 105 Å². The Kier molecular flexibility index (Phi) is 3.55. The van der Waals surface area contributed by atoms with E-state index in [1.165, 1.54) is 17.8 Å². The molecule has 2 rings (SSSR count). The summed E-state index contributed by atoms with van der Waals surface area (Å²) in [5, 5.41) is 15.2. The van der Waals surface area contributed by atoms with Crippen molar-refractivity contribution < 1.29 is 4.92 Å². The van der Waals surface area contributed by atoms with Crippen molar-refractivity contribution in [1.82, 2.24) is 9.59 Å². The molecule has 0 bridgehead atoms. The van der Waals surface area contributed by atoms with Crippen LogP contribution >= 0.6 is 23.3 Å². The first kappa shape index (κ1) is 11.8. The van der Waals surface area contributed by atoms with E-state index in [0.717, 1.165) is 11.5 Å². The minimum atomic E-state index is -0.398. The second-order valence-electron chi connectivity index (χ2n) is 3.10. The zero-order chi connectivity index (χ0) is 12.3. The predicted molar refractivity (Wildman–Crippen MR) is 67.0 cm³/mol. The molecular formula is C9H8N4O2S2. The van der Waals surface area contributed by atoms with Gasteiger partial charge in [0.05, 0.1) is 9.82 Å². The number of nitro benzene ring substituents is 1. The lowest BCUT2D eigenvalue weighted by Gasteiger charge is -2.00. The Hall–Kier alpha value is -1.67. The van der Waals surface area contributed by atoms with Crippen LogP contribution in [0.1, 0.15) is 5.69 Å². The minimum absolute atomic E-state index is 0.0965. The molecule has 0 unspecified atom stereocenters. The van der Waals surface area contributed by atoms with Crippen molar-refractivity contribution in [3.05, 3.63) is 40.1 Å². The van der Waals surface area contributed by atoms with E-state index >= 15 is 0 Å². The van der Waals surface area contributed by atoms with Crippen molar-refractivity contribution in [3.63, 3.8) is 0 Å². The maximum atomic E-state index is 10.8. The third-order valence-corrected chi connectivity index (χ3v) is 3.68. The number of aromatic nitrogens is 2. The van der Waals surface area contributed by atoms with E-state index in [2.05, 4.69) is 9.59 Å². The number of anilines is 1. The van der Waals surface area contributed by atoms with Crippen LogP contribution in [0.15, 0.2) is 29.2 Å². The molecule has 1 heterocycles. The van der Waals surface area contributed by atoms with Crippen LogP contribution < -0.4 is 5.73 Å². The molecule has 0 amide bonds. The van der Waals surface area contributed by atoms with E-state index in [1.54, 1.807) is 18.2 Å². The van der Waals surface area contributed by atoms with Gasteiger partial charge in [0.25, 0.3) is 5.69 Å². The fraction of sp³-hybridized carbons (Fsp3) is 0.111. The van der Waals surface area contributed by atoms with Crippen molar-refractivity contribution >= 4 is 34.0 Å². The molecule has 0 fully saturated rings. The Bertz CT molecular complexity index is 543. The molecule has 0 aliphatic rings. The highest BCUT2D eigenvalue weighted by atomic mass is 32.2. The molecule has 0 radical (unpaired) electrons. The lowest BCUT2D eigenvalue weighted by atomic mass is 10.3. The van der Waals surface area contributed by atoms with Gasteiger partial charge >= 0.3 is 0 Å². The highest BCUT2D eigenvalue weighted by Crippen LogP contribution is 2.32. The average Bonchev–Trinajstić information content (AvgIpc) is 2.72. The van der Waals surface area contributed by atoms with Crippen molar-refractivity contribution in [2.24, 2.45) is 0 Å². The van der Waals surface area contributed by atoms with Gasteiger partial charge in [0.1, 0.15) is 10.7 Å². The molecule has 0 saturated carbocycles. The van der Waals surface area contributed by atoms with Gasteiger partial charge in [-0.3, -0.25) is 10.1 Å². The van der Waals surface area contributed by atoms with Crippen LogP contribution in [0.3, 0.4) is 0 Å². The summed E-state index contributed by atoms with van der Waals surface area (Å²) in [6.07, 6.45) is 0. The van der Waals surface area contributed by atoms with E-state index < -0.39 is 4.92 Å². The van der Waals surface area contributed by atoms with Crippen LogP contribution in [0.2, 0.25) is 0 Å². The summed E-state index contributed by atoms with van der Waals surface area (Å²) in [6.45, 7) is 0. The van der Waals surface area contributed by atoms with Gasteiger partial charge in [-0.25, -0.2) is 0 Å². The lowest BCUT2D eigenvalue weighted by Crippen LogP contribution is -1.92. The van der Waals surface area contributed by atoms with Crippen molar-refractivity contribution in [1.29, 1.82) is 0 Å². The van der Waals surface area contributed by atoms with Crippen LogP contribution in [0.4, 0.5) is 10.7 Å². The van der Waals surface area contributed by atoms with Crippen molar-refractivity contribution in [2.75, 3.05) is 5.73 Å². The molecule has 0 spiro atoms. The van der Waals surface area contributed by atoms with Gasteiger partial charge in [0.15, 0.2) is 0 Å². The Morgan fingerprint density at radius 2 is 2.24 bits per heavy atom. The summed E-state index contributed by atoms with van der Waals surface area (Å²) in [5.41, 5.74) is 6.41.